The maximum atomic E-state index is 14.0. The fourth-order valence-corrected chi connectivity index (χ4v) is 14.0. The Balaban J connectivity index is 1.37. The van der Waals surface area contributed by atoms with Crippen molar-refractivity contribution in [3.05, 3.63) is 129 Å². The minimum absolute atomic E-state index is 0.00330. The molecule has 0 fully saturated rings. The number of hydrogen-bond donors (Lipinski definition) is 3. The van der Waals surface area contributed by atoms with Gasteiger partial charge >= 0.3 is 32.6 Å². The average Bonchev–Trinajstić information content (AvgIpc) is 3.36. The molecule has 20 heteroatoms. The van der Waals surface area contributed by atoms with Gasteiger partial charge in [0, 0.05) is 56.9 Å². The molecule has 0 saturated carbocycles. The number of aliphatic hydroxyl groups is 1. The van der Waals surface area contributed by atoms with Crippen LogP contribution < -0.4 is 10.6 Å². The number of hydrogen-bond acceptors (Lipinski definition) is 18. The Morgan fingerprint density at radius 3 is 1.29 bits per heavy atom. The van der Waals surface area contributed by atoms with Gasteiger partial charge in [-0.3, -0.25) is 33.1 Å². The highest BCUT2D eigenvalue weighted by Gasteiger charge is 2.40. The van der Waals surface area contributed by atoms with Crippen LogP contribution in [0.4, 0.5) is 0 Å². The van der Waals surface area contributed by atoms with E-state index in [2.05, 4.69) is 25.3 Å². The van der Waals surface area contributed by atoms with Crippen LogP contribution in [0, 0.1) is 33.1 Å². The Hall–Kier alpha value is -3.67. The summed E-state index contributed by atoms with van der Waals surface area (Å²) in [6.07, 6.45) is -1.08. The third kappa shape index (κ3) is 18.3. The fraction of sp³-hybridized carbons (Fsp3) is 0.453. The molecule has 0 aromatic heterocycles. The van der Waals surface area contributed by atoms with Crippen molar-refractivity contribution >= 4 is 103 Å². The second kappa shape index (κ2) is 30.8. The lowest BCUT2D eigenvalue weighted by molar-refractivity contribution is -0.180. The molecule has 4 rings (SSSR count). The van der Waals surface area contributed by atoms with Crippen LogP contribution in [0.1, 0.15) is 93.6 Å². The third-order valence-electron chi connectivity index (χ3n) is 11.3. The van der Waals surface area contributed by atoms with Gasteiger partial charge in [-0.1, -0.05) is 60.7 Å². The normalized spacial score (nSPS) is 14.3. The van der Waals surface area contributed by atoms with Crippen LogP contribution >= 0.6 is 63.5 Å². The zero-order valence-corrected chi connectivity index (χ0v) is 47.5. The first kappa shape index (κ1) is 61.9. The van der Waals surface area contributed by atoms with Gasteiger partial charge in [0.15, 0.2) is 6.29 Å². The average molecular weight is 1120 g/mol. The summed E-state index contributed by atoms with van der Waals surface area (Å²) in [5, 5.41) is 11.2. The van der Waals surface area contributed by atoms with Gasteiger partial charge in [-0.2, -0.15) is 48.8 Å². The van der Waals surface area contributed by atoms with Crippen LogP contribution in [0.2, 0.25) is 0 Å². The number of carbonyl (C=O) groups is 5. The summed E-state index contributed by atoms with van der Waals surface area (Å²) in [5.74, 6) is 0.549. The summed E-state index contributed by atoms with van der Waals surface area (Å²) in [6, 6.07) is 24.4. The Bertz CT molecular complexity index is 2380. The molecule has 14 nitrogen and oxygen atoms in total. The lowest BCUT2D eigenvalue weighted by atomic mass is 9.92. The Labute approximate surface area is 449 Å². The maximum absolute atomic E-state index is 14.0. The molecule has 0 aliphatic rings. The minimum atomic E-state index is -3.87. The van der Waals surface area contributed by atoms with Crippen LogP contribution in [0.25, 0.3) is 0 Å². The molecule has 0 heterocycles. The molecule has 0 aliphatic carbocycles. The number of carbonyl (C=O) groups excluding carboxylic acids is 5. The van der Waals surface area contributed by atoms with Crippen molar-refractivity contribution in [2.75, 3.05) is 62.7 Å². The van der Waals surface area contributed by atoms with Crippen molar-refractivity contribution in [3.63, 3.8) is 0 Å². The number of ether oxygens (including phenoxy) is 4. The highest BCUT2D eigenvalue weighted by atomic mass is 32.2. The number of benzene rings is 4. The van der Waals surface area contributed by atoms with Gasteiger partial charge in [-0.25, -0.2) is 0 Å². The van der Waals surface area contributed by atoms with Gasteiger partial charge < -0.3 is 33.1 Å². The summed E-state index contributed by atoms with van der Waals surface area (Å²) < 4.78 is 62.1. The van der Waals surface area contributed by atoms with Crippen LogP contribution in [-0.4, -0.2) is 103 Å². The Morgan fingerprint density at radius 2 is 0.945 bits per heavy atom. The third-order valence-corrected chi connectivity index (χ3v) is 18.6. The predicted molar refractivity (Wildman–Crippen MR) is 297 cm³/mol. The van der Waals surface area contributed by atoms with Gasteiger partial charge in [0.1, 0.15) is 19.8 Å². The molecule has 73 heavy (non-hydrogen) atoms. The largest absolute Gasteiger partial charge is 0.465 e. The topological polar surface area (TPSA) is 195 Å². The molecular weight excluding hydrogens is 1050 g/mol. The molecule has 3 atom stereocenters. The molecule has 0 amide bonds. The SMILES string of the molecule is CCOP(=O)(C(=O)c1c(C)cc(CSCCC(=O)OCC(COC(=O)CCS)(COC(=O)CCSCc2cc(C)c(C(=O)P(=O)(OCC)c3ccccc3)c(C)c2)COC(O)CCS)cc1C)c1ccccc1. The summed E-state index contributed by atoms with van der Waals surface area (Å²) in [6.45, 7) is 9.37. The lowest BCUT2D eigenvalue weighted by Crippen LogP contribution is -2.44. The molecule has 398 valence electrons. The molecule has 0 bridgehead atoms. The van der Waals surface area contributed by atoms with Crippen molar-refractivity contribution in [1.29, 1.82) is 0 Å². The highest BCUT2D eigenvalue weighted by Crippen LogP contribution is 2.51. The second-order valence-corrected chi connectivity index (χ2v) is 24.9. The van der Waals surface area contributed by atoms with Gasteiger partial charge in [-0.05, 0) is 105 Å². The summed E-state index contributed by atoms with van der Waals surface area (Å²) in [7, 11) is -7.73. The van der Waals surface area contributed by atoms with E-state index in [0.717, 1.165) is 11.1 Å². The number of rotatable bonds is 33. The van der Waals surface area contributed by atoms with E-state index in [0.29, 0.717) is 72.8 Å². The monoisotopic (exact) mass is 1120 g/mol. The van der Waals surface area contributed by atoms with Gasteiger partial charge in [0.2, 0.25) is 0 Å². The summed E-state index contributed by atoms with van der Waals surface area (Å²) >= 11 is 11.2. The van der Waals surface area contributed by atoms with E-state index in [9.17, 15) is 38.2 Å². The molecule has 0 spiro atoms. The van der Waals surface area contributed by atoms with Gasteiger partial charge in [-0.15, -0.1) is 0 Å². The van der Waals surface area contributed by atoms with E-state index < -0.39 is 55.4 Å². The zero-order valence-electron chi connectivity index (χ0n) is 42.3. The van der Waals surface area contributed by atoms with E-state index in [1.165, 1.54) is 23.5 Å². The number of thiol groups is 2. The van der Waals surface area contributed by atoms with Crippen molar-refractivity contribution in [1.82, 2.24) is 0 Å². The summed E-state index contributed by atoms with van der Waals surface area (Å²) in [5.41, 5.74) is 2.61. The molecule has 1 N–H and O–H groups in total. The van der Waals surface area contributed by atoms with E-state index in [1.807, 2.05) is 24.3 Å². The molecular formula is C53H68O14P2S4. The highest BCUT2D eigenvalue weighted by molar-refractivity contribution is 7.98. The number of esters is 3. The quantitative estimate of drug-likeness (QED) is 0.0102. The first-order chi connectivity index (χ1) is 34.9. The minimum Gasteiger partial charge on any atom is -0.465 e. The smallest absolute Gasteiger partial charge is 0.306 e. The van der Waals surface area contributed by atoms with Crippen molar-refractivity contribution in [3.8, 4) is 0 Å². The van der Waals surface area contributed by atoms with E-state index in [1.54, 1.807) is 102 Å². The van der Waals surface area contributed by atoms with Crippen LogP contribution in [0.15, 0.2) is 84.9 Å². The second-order valence-electron chi connectivity index (χ2n) is 17.3. The standard InChI is InChI=1S/C53H68O14P2S4/c1-7-66-68(60,43-15-11-9-12-16-43)51(58)49-37(3)27-41(28-38(49)4)31-72-25-21-47(56)64-35-53(33-62-45(54)19-23-70,34-63-46(55)20-24-71)36-65-48(57)22-26-73-32-42-29-39(5)50(40(6)30-42)52(59)69(61,67-8-2)44-17-13-10-14-18-44/h9-18,27-30,45,54,70-71H,7-8,19-26,31-36H2,1-6H3. The predicted octanol–water partition coefficient (Wildman–Crippen LogP) is 10.0. The fourth-order valence-electron chi connectivity index (χ4n) is 7.77. The van der Waals surface area contributed by atoms with Crippen molar-refractivity contribution in [2.45, 2.75) is 85.0 Å². The molecule has 0 saturated heterocycles. The first-order valence-electron chi connectivity index (χ1n) is 23.9. The lowest BCUT2D eigenvalue weighted by Gasteiger charge is -2.32. The Kier molecular flexibility index (Phi) is 26.1. The first-order valence-corrected chi connectivity index (χ1v) is 30.7. The zero-order chi connectivity index (χ0) is 53.6. The molecule has 4 aromatic carbocycles. The molecule has 0 aliphatic heterocycles. The number of thioether (sulfide) groups is 2. The van der Waals surface area contributed by atoms with Gasteiger partial charge in [0.25, 0.3) is 11.0 Å². The van der Waals surface area contributed by atoms with E-state index in [-0.39, 0.29) is 71.1 Å². The van der Waals surface area contributed by atoms with Crippen molar-refractivity contribution in [2.24, 2.45) is 5.41 Å². The van der Waals surface area contributed by atoms with E-state index >= 15 is 0 Å². The Morgan fingerprint density at radius 1 is 0.575 bits per heavy atom. The van der Waals surface area contributed by atoms with Gasteiger partial charge in [0.05, 0.1) is 44.5 Å². The van der Waals surface area contributed by atoms with Crippen LogP contribution in [0.5, 0.6) is 0 Å². The molecule has 4 aromatic rings. The summed E-state index contributed by atoms with van der Waals surface area (Å²) in [4.78, 5) is 66.7. The number of aryl methyl sites for hydroxylation is 4. The maximum Gasteiger partial charge on any atom is 0.306 e. The number of aliphatic hydroxyl groups excluding tert-OH is 1. The van der Waals surface area contributed by atoms with Crippen LogP contribution in [-0.2, 0) is 63.0 Å². The van der Waals surface area contributed by atoms with Crippen LogP contribution in [0.3, 0.4) is 0 Å². The van der Waals surface area contributed by atoms with E-state index in [4.69, 9.17) is 28.0 Å². The van der Waals surface area contributed by atoms with Crippen molar-refractivity contribution < 1.29 is 66.2 Å². The molecule has 3 unspecified atom stereocenters. The molecule has 0 radical (unpaired) electrons.